The summed E-state index contributed by atoms with van der Waals surface area (Å²) in [5, 5.41) is 1.38. The van der Waals surface area contributed by atoms with Gasteiger partial charge in [-0.3, -0.25) is 14.5 Å². The second-order valence-corrected chi connectivity index (χ2v) is 9.52. The van der Waals surface area contributed by atoms with Crippen molar-refractivity contribution in [1.82, 2.24) is 9.47 Å². The van der Waals surface area contributed by atoms with Crippen LogP contribution in [-0.2, 0) is 11.3 Å². The molecule has 0 aliphatic carbocycles. The minimum atomic E-state index is -0.301. The lowest BCUT2D eigenvalue weighted by Gasteiger charge is -2.13. The van der Waals surface area contributed by atoms with Crippen LogP contribution in [0.2, 0.25) is 5.02 Å². The summed E-state index contributed by atoms with van der Waals surface area (Å²) >= 11 is 6.89. The van der Waals surface area contributed by atoms with Gasteiger partial charge in [0.05, 0.1) is 18.0 Å². The molecule has 1 aliphatic heterocycles. The fourth-order valence-electron chi connectivity index (χ4n) is 3.97. The average molecular weight is 519 g/mol. The molecule has 1 saturated heterocycles. The van der Waals surface area contributed by atoms with Gasteiger partial charge in [-0.2, -0.15) is 0 Å². The zero-order valence-corrected chi connectivity index (χ0v) is 20.9. The second kappa shape index (κ2) is 10.9. The van der Waals surface area contributed by atoms with Crippen molar-refractivity contribution in [2.75, 3.05) is 19.8 Å². The van der Waals surface area contributed by atoms with Crippen LogP contribution in [0, 0.1) is 0 Å². The smallest absolute Gasteiger partial charge is 0.293 e. The molecule has 182 valence electrons. The van der Waals surface area contributed by atoms with Gasteiger partial charge in [0.2, 0.25) is 0 Å². The van der Waals surface area contributed by atoms with Crippen molar-refractivity contribution < 1.29 is 19.1 Å². The summed E-state index contributed by atoms with van der Waals surface area (Å²) in [5.41, 5.74) is 1.90. The fraction of sp³-hybridized carbons (Fsp3) is 0.143. The Morgan fingerprint density at radius 3 is 2.25 bits per heavy atom. The first-order valence-corrected chi connectivity index (χ1v) is 12.7. The van der Waals surface area contributed by atoms with E-state index in [1.54, 1.807) is 18.2 Å². The molecule has 1 aromatic heterocycles. The van der Waals surface area contributed by atoms with E-state index in [-0.39, 0.29) is 24.3 Å². The van der Waals surface area contributed by atoms with Crippen molar-refractivity contribution in [3.05, 3.63) is 101 Å². The number of halogens is 1. The maximum atomic E-state index is 13.0. The average Bonchev–Trinajstić information content (AvgIpc) is 3.38. The summed E-state index contributed by atoms with van der Waals surface area (Å²) in [4.78, 5) is 27.2. The molecule has 0 saturated carbocycles. The lowest BCUT2D eigenvalue weighted by atomic mass is 10.1. The number of fused-ring (bicyclic) bond motifs is 1. The number of para-hydroxylation sites is 2. The van der Waals surface area contributed by atoms with Crippen molar-refractivity contribution in [3.63, 3.8) is 0 Å². The molecular formula is C28H23ClN2O4S. The lowest BCUT2D eigenvalue weighted by molar-refractivity contribution is -0.123. The first kappa shape index (κ1) is 24.0. The van der Waals surface area contributed by atoms with E-state index in [0.29, 0.717) is 28.8 Å². The number of thioether (sulfide) groups is 1. The van der Waals surface area contributed by atoms with Crippen LogP contribution in [-0.4, -0.2) is 40.4 Å². The number of benzene rings is 3. The van der Waals surface area contributed by atoms with Crippen LogP contribution in [0.5, 0.6) is 11.5 Å². The van der Waals surface area contributed by atoms with Crippen molar-refractivity contribution in [3.8, 4) is 11.5 Å². The number of carbonyl (C=O) groups excluding carboxylic acids is 2. The number of ether oxygens (including phenoxy) is 2. The highest BCUT2D eigenvalue weighted by Gasteiger charge is 2.35. The molecule has 1 fully saturated rings. The van der Waals surface area contributed by atoms with E-state index < -0.39 is 0 Å². The molecule has 0 N–H and O–H groups in total. The Labute approximate surface area is 218 Å². The van der Waals surface area contributed by atoms with E-state index in [1.807, 2.05) is 72.9 Å². The molecule has 8 heteroatoms. The SMILES string of the molecule is O=C1S/C(=C\c2cn(CCOc3ccc(Cl)cc3)c3ccccc23)C(=O)N1CCOc1ccccc1. The molecule has 0 spiro atoms. The fourth-order valence-corrected chi connectivity index (χ4v) is 4.96. The number of hydrogen-bond donors (Lipinski definition) is 0. The predicted molar refractivity (Wildman–Crippen MR) is 143 cm³/mol. The summed E-state index contributed by atoms with van der Waals surface area (Å²) in [6.45, 7) is 1.52. The molecule has 0 bridgehead atoms. The van der Waals surface area contributed by atoms with Crippen LogP contribution in [0.4, 0.5) is 4.79 Å². The first-order chi connectivity index (χ1) is 17.6. The maximum Gasteiger partial charge on any atom is 0.293 e. The highest BCUT2D eigenvalue weighted by Crippen LogP contribution is 2.34. The highest BCUT2D eigenvalue weighted by molar-refractivity contribution is 8.18. The Balaban J connectivity index is 1.28. The van der Waals surface area contributed by atoms with Crippen LogP contribution in [0.15, 0.2) is 90.0 Å². The van der Waals surface area contributed by atoms with Crippen LogP contribution in [0.25, 0.3) is 17.0 Å². The van der Waals surface area contributed by atoms with Gasteiger partial charge in [-0.05, 0) is 60.3 Å². The van der Waals surface area contributed by atoms with Gasteiger partial charge in [-0.1, -0.05) is 48.0 Å². The lowest BCUT2D eigenvalue weighted by Crippen LogP contribution is -2.32. The maximum absolute atomic E-state index is 13.0. The van der Waals surface area contributed by atoms with Crippen LogP contribution in [0.3, 0.4) is 0 Å². The molecule has 0 unspecified atom stereocenters. The molecule has 2 amide bonds. The molecule has 0 atom stereocenters. The minimum absolute atomic E-state index is 0.195. The third-order valence-electron chi connectivity index (χ3n) is 5.72. The third-order valence-corrected chi connectivity index (χ3v) is 6.88. The normalized spacial score (nSPS) is 14.7. The van der Waals surface area contributed by atoms with Crippen molar-refractivity contribution >= 4 is 51.5 Å². The molecule has 0 radical (unpaired) electrons. The van der Waals surface area contributed by atoms with Gasteiger partial charge in [-0.25, -0.2) is 0 Å². The van der Waals surface area contributed by atoms with E-state index in [2.05, 4.69) is 4.57 Å². The summed E-state index contributed by atoms with van der Waals surface area (Å²) in [5.74, 6) is 1.15. The van der Waals surface area contributed by atoms with Crippen LogP contribution >= 0.6 is 23.4 Å². The minimum Gasteiger partial charge on any atom is -0.492 e. The van der Waals surface area contributed by atoms with E-state index >= 15 is 0 Å². The zero-order chi connectivity index (χ0) is 24.9. The third kappa shape index (κ3) is 5.42. The molecule has 5 rings (SSSR count). The molecule has 36 heavy (non-hydrogen) atoms. The molecular weight excluding hydrogens is 496 g/mol. The topological polar surface area (TPSA) is 60.8 Å². The molecule has 3 aromatic carbocycles. The largest absolute Gasteiger partial charge is 0.492 e. The Hall–Kier alpha value is -3.68. The first-order valence-electron chi connectivity index (χ1n) is 11.5. The van der Waals surface area contributed by atoms with Crippen molar-refractivity contribution in [2.45, 2.75) is 6.54 Å². The van der Waals surface area contributed by atoms with Gasteiger partial charge in [0.25, 0.3) is 11.1 Å². The second-order valence-electron chi connectivity index (χ2n) is 8.09. The van der Waals surface area contributed by atoms with Gasteiger partial charge in [0.1, 0.15) is 24.7 Å². The molecule has 6 nitrogen and oxygen atoms in total. The number of amides is 2. The summed E-state index contributed by atoms with van der Waals surface area (Å²) in [7, 11) is 0. The number of rotatable bonds is 9. The molecule has 4 aromatic rings. The van der Waals surface area contributed by atoms with Gasteiger partial charge >= 0.3 is 0 Å². The highest BCUT2D eigenvalue weighted by atomic mass is 35.5. The number of imide groups is 1. The number of aromatic nitrogens is 1. The van der Waals surface area contributed by atoms with Crippen LogP contribution in [0.1, 0.15) is 5.56 Å². The Bertz CT molecular complexity index is 1420. The Morgan fingerprint density at radius 1 is 0.806 bits per heavy atom. The summed E-state index contributed by atoms with van der Waals surface area (Å²) < 4.78 is 13.6. The number of nitrogens with zero attached hydrogens (tertiary/aromatic N) is 2. The standard InChI is InChI=1S/C28H23ClN2O4S/c29-21-10-12-23(13-11-21)34-16-14-30-19-20(24-8-4-5-9-25(24)30)18-26-27(32)31(28(33)36-26)15-17-35-22-6-2-1-3-7-22/h1-13,18-19H,14-17H2/b26-18-. The Morgan fingerprint density at radius 2 is 1.47 bits per heavy atom. The van der Waals surface area contributed by atoms with Crippen molar-refractivity contribution in [1.29, 1.82) is 0 Å². The van der Waals surface area contributed by atoms with Gasteiger partial charge in [0, 0.05) is 27.7 Å². The van der Waals surface area contributed by atoms with Gasteiger partial charge < -0.3 is 14.0 Å². The van der Waals surface area contributed by atoms with E-state index in [0.717, 1.165) is 34.0 Å². The van der Waals surface area contributed by atoms with E-state index in [1.165, 1.54) is 4.90 Å². The summed E-state index contributed by atoms with van der Waals surface area (Å²) in [6, 6.07) is 24.6. The number of hydrogen-bond acceptors (Lipinski definition) is 5. The van der Waals surface area contributed by atoms with Crippen molar-refractivity contribution in [2.24, 2.45) is 0 Å². The molecule has 1 aliphatic rings. The quantitative estimate of drug-likeness (QED) is 0.237. The van der Waals surface area contributed by atoms with E-state index in [9.17, 15) is 9.59 Å². The Kier molecular flexibility index (Phi) is 7.30. The predicted octanol–water partition coefficient (Wildman–Crippen LogP) is 6.49. The summed E-state index contributed by atoms with van der Waals surface area (Å²) in [6.07, 6.45) is 3.78. The zero-order valence-electron chi connectivity index (χ0n) is 19.3. The number of carbonyl (C=O) groups is 2. The van der Waals surface area contributed by atoms with E-state index in [4.69, 9.17) is 21.1 Å². The van der Waals surface area contributed by atoms with Gasteiger partial charge in [0.15, 0.2) is 0 Å². The van der Waals surface area contributed by atoms with Gasteiger partial charge in [-0.15, -0.1) is 0 Å². The van der Waals surface area contributed by atoms with Crippen LogP contribution < -0.4 is 9.47 Å². The molecule has 2 heterocycles. The monoisotopic (exact) mass is 518 g/mol.